The largest absolute Gasteiger partial charge is 0.497 e. The van der Waals surface area contributed by atoms with Crippen molar-refractivity contribution in [3.05, 3.63) is 59.7 Å². The van der Waals surface area contributed by atoms with Crippen LogP contribution in [-0.2, 0) is 32.1 Å². The number of hydrogen-bond donors (Lipinski definition) is 1. The first-order valence-electron chi connectivity index (χ1n) is 9.86. The van der Waals surface area contributed by atoms with Crippen molar-refractivity contribution in [1.29, 1.82) is 0 Å². The predicted octanol–water partition coefficient (Wildman–Crippen LogP) is 3.45. The van der Waals surface area contributed by atoms with Gasteiger partial charge in [0.2, 0.25) is 0 Å². The number of hydrogen-bond acceptors (Lipinski definition) is 7. The van der Waals surface area contributed by atoms with E-state index in [4.69, 9.17) is 19.0 Å². The summed E-state index contributed by atoms with van der Waals surface area (Å²) in [5.41, 5.74) is 2.84. The summed E-state index contributed by atoms with van der Waals surface area (Å²) in [6.45, 7) is 3.86. The molecule has 0 saturated heterocycles. The Morgan fingerprint density at radius 2 is 1.70 bits per heavy atom. The molecule has 0 spiro atoms. The van der Waals surface area contributed by atoms with Gasteiger partial charge in [-0.2, -0.15) is 0 Å². The minimum absolute atomic E-state index is 0.180. The molecule has 0 aromatic heterocycles. The van der Waals surface area contributed by atoms with Crippen molar-refractivity contribution < 1.29 is 28.6 Å². The smallest absolute Gasteiger partial charge is 0.342 e. The van der Waals surface area contributed by atoms with Crippen LogP contribution in [0.25, 0.3) is 0 Å². The Hall–Kier alpha value is -3.06. The van der Waals surface area contributed by atoms with Gasteiger partial charge in [0.05, 0.1) is 27.4 Å². The number of esters is 1. The van der Waals surface area contributed by atoms with Gasteiger partial charge in [0.1, 0.15) is 11.5 Å². The molecule has 1 unspecified atom stereocenters. The Morgan fingerprint density at radius 1 is 0.967 bits per heavy atom. The zero-order valence-corrected chi connectivity index (χ0v) is 17.9. The summed E-state index contributed by atoms with van der Waals surface area (Å²) in [5.74, 6) is -0.0259. The van der Waals surface area contributed by atoms with Crippen LogP contribution in [0.3, 0.4) is 0 Å². The standard InChI is InChI=1S/C23H29NO6/c1-5-23(21(25)29-6-2,15-17-10-8-7-9-11-17)22(26)30-24-16-18-12-13-19(27-3)14-20(18)28-4/h7-14,24H,5-6,15-16H2,1-4H3. The van der Waals surface area contributed by atoms with Crippen LogP contribution in [-0.4, -0.2) is 32.8 Å². The molecular formula is C23H29NO6. The van der Waals surface area contributed by atoms with Gasteiger partial charge in [0.15, 0.2) is 5.41 Å². The van der Waals surface area contributed by atoms with Crippen molar-refractivity contribution in [2.45, 2.75) is 33.2 Å². The number of carbonyl (C=O) groups excluding carboxylic acids is 2. The first kappa shape index (κ1) is 23.2. The van der Waals surface area contributed by atoms with E-state index in [1.807, 2.05) is 30.3 Å². The summed E-state index contributed by atoms with van der Waals surface area (Å²) >= 11 is 0. The van der Waals surface area contributed by atoms with Crippen LogP contribution in [0, 0.1) is 5.41 Å². The number of methoxy groups -OCH3 is 2. The molecule has 0 saturated carbocycles. The van der Waals surface area contributed by atoms with Crippen molar-refractivity contribution in [3.63, 3.8) is 0 Å². The molecule has 7 nitrogen and oxygen atoms in total. The molecule has 0 aliphatic carbocycles. The molecule has 0 radical (unpaired) electrons. The maximum Gasteiger partial charge on any atom is 0.342 e. The molecule has 0 aliphatic rings. The highest BCUT2D eigenvalue weighted by Crippen LogP contribution is 2.31. The molecule has 162 valence electrons. The Labute approximate surface area is 177 Å². The summed E-state index contributed by atoms with van der Waals surface area (Å²) in [6.07, 6.45) is 0.433. The molecule has 0 amide bonds. The van der Waals surface area contributed by atoms with E-state index in [-0.39, 0.29) is 26.0 Å². The summed E-state index contributed by atoms with van der Waals surface area (Å²) < 4.78 is 15.7. The Morgan fingerprint density at radius 3 is 2.30 bits per heavy atom. The van der Waals surface area contributed by atoms with Gasteiger partial charge in [-0.05, 0) is 31.4 Å². The number of hydroxylamine groups is 1. The average molecular weight is 415 g/mol. The summed E-state index contributed by atoms with van der Waals surface area (Å²) in [5, 5.41) is 0. The lowest BCUT2D eigenvalue weighted by Crippen LogP contribution is -2.45. The molecule has 0 heterocycles. The van der Waals surface area contributed by atoms with Crippen LogP contribution in [0.15, 0.2) is 48.5 Å². The van der Waals surface area contributed by atoms with Crippen molar-refractivity contribution >= 4 is 11.9 Å². The third kappa shape index (κ3) is 5.51. The van der Waals surface area contributed by atoms with Crippen molar-refractivity contribution in [3.8, 4) is 11.5 Å². The molecule has 0 bridgehead atoms. The lowest BCUT2D eigenvalue weighted by Gasteiger charge is -2.28. The van der Waals surface area contributed by atoms with Crippen molar-refractivity contribution in [1.82, 2.24) is 5.48 Å². The first-order chi connectivity index (χ1) is 14.5. The Kier molecular flexibility index (Phi) is 8.68. The second-order valence-corrected chi connectivity index (χ2v) is 6.71. The van der Waals surface area contributed by atoms with Gasteiger partial charge in [-0.3, -0.25) is 4.79 Å². The molecule has 2 rings (SSSR count). The van der Waals surface area contributed by atoms with E-state index >= 15 is 0 Å². The van der Waals surface area contributed by atoms with E-state index in [1.54, 1.807) is 46.3 Å². The van der Waals surface area contributed by atoms with Crippen LogP contribution in [0.1, 0.15) is 31.4 Å². The minimum Gasteiger partial charge on any atom is -0.497 e. The molecule has 30 heavy (non-hydrogen) atoms. The third-order valence-electron chi connectivity index (χ3n) is 4.93. The molecule has 0 fully saturated rings. The van der Waals surface area contributed by atoms with E-state index < -0.39 is 17.4 Å². The van der Waals surface area contributed by atoms with Gasteiger partial charge in [0, 0.05) is 11.6 Å². The van der Waals surface area contributed by atoms with E-state index in [0.717, 1.165) is 11.1 Å². The number of carbonyl (C=O) groups is 2. The molecule has 0 aliphatic heterocycles. The maximum absolute atomic E-state index is 13.0. The van der Waals surface area contributed by atoms with E-state index in [9.17, 15) is 9.59 Å². The quantitative estimate of drug-likeness (QED) is 0.342. The second kappa shape index (κ2) is 11.2. The number of nitrogens with one attached hydrogen (secondary N) is 1. The number of benzene rings is 2. The van der Waals surface area contributed by atoms with E-state index in [2.05, 4.69) is 5.48 Å². The number of rotatable bonds is 11. The maximum atomic E-state index is 13.0. The molecule has 2 aromatic carbocycles. The van der Waals surface area contributed by atoms with Gasteiger partial charge < -0.3 is 19.0 Å². The summed E-state index contributed by atoms with van der Waals surface area (Å²) in [7, 11) is 3.12. The van der Waals surface area contributed by atoms with Crippen molar-refractivity contribution in [2.75, 3.05) is 20.8 Å². The van der Waals surface area contributed by atoms with Crippen LogP contribution < -0.4 is 15.0 Å². The topological polar surface area (TPSA) is 83.1 Å². The van der Waals surface area contributed by atoms with Gasteiger partial charge in [-0.1, -0.05) is 43.3 Å². The molecule has 1 atom stereocenters. The van der Waals surface area contributed by atoms with Crippen molar-refractivity contribution in [2.24, 2.45) is 5.41 Å². The van der Waals surface area contributed by atoms with Crippen LogP contribution in [0.4, 0.5) is 0 Å². The lowest BCUT2D eigenvalue weighted by molar-refractivity contribution is -0.177. The van der Waals surface area contributed by atoms with E-state index in [0.29, 0.717) is 11.5 Å². The fourth-order valence-electron chi connectivity index (χ4n) is 3.13. The normalized spacial score (nSPS) is 12.5. The zero-order valence-electron chi connectivity index (χ0n) is 17.9. The fraction of sp³-hybridized carbons (Fsp3) is 0.391. The molecule has 2 aromatic rings. The van der Waals surface area contributed by atoms with Gasteiger partial charge in [-0.15, -0.1) is 5.48 Å². The van der Waals surface area contributed by atoms with Crippen LogP contribution >= 0.6 is 0 Å². The third-order valence-corrected chi connectivity index (χ3v) is 4.93. The highest BCUT2D eigenvalue weighted by molar-refractivity contribution is 6.00. The second-order valence-electron chi connectivity index (χ2n) is 6.71. The van der Waals surface area contributed by atoms with Crippen LogP contribution in [0.5, 0.6) is 11.5 Å². The zero-order chi connectivity index (χ0) is 22.0. The number of ether oxygens (including phenoxy) is 3. The fourth-order valence-corrected chi connectivity index (χ4v) is 3.13. The van der Waals surface area contributed by atoms with Gasteiger partial charge in [0.25, 0.3) is 0 Å². The summed E-state index contributed by atoms with van der Waals surface area (Å²) in [4.78, 5) is 31.1. The highest BCUT2D eigenvalue weighted by atomic mass is 16.7. The lowest BCUT2D eigenvalue weighted by atomic mass is 9.79. The van der Waals surface area contributed by atoms with E-state index in [1.165, 1.54) is 0 Å². The van der Waals surface area contributed by atoms with Gasteiger partial charge >= 0.3 is 11.9 Å². The SMILES string of the molecule is CCOC(=O)C(CC)(Cc1ccccc1)C(=O)ONCc1ccc(OC)cc1OC. The molecular weight excluding hydrogens is 386 g/mol. The van der Waals surface area contributed by atoms with Gasteiger partial charge in [-0.25, -0.2) is 4.79 Å². The predicted molar refractivity (Wildman–Crippen MR) is 112 cm³/mol. The molecule has 1 N–H and O–H groups in total. The molecule has 7 heteroatoms. The monoisotopic (exact) mass is 415 g/mol. The first-order valence-corrected chi connectivity index (χ1v) is 9.86. The minimum atomic E-state index is -1.44. The summed E-state index contributed by atoms with van der Waals surface area (Å²) in [6, 6.07) is 14.7. The Bertz CT molecular complexity index is 839. The average Bonchev–Trinajstić information content (AvgIpc) is 2.78. The highest BCUT2D eigenvalue weighted by Gasteiger charge is 2.47. The Balaban J connectivity index is 2.15. The van der Waals surface area contributed by atoms with Crippen LogP contribution in [0.2, 0.25) is 0 Å².